The van der Waals surface area contributed by atoms with Gasteiger partial charge in [0.05, 0.1) is 34.3 Å². The Kier molecular flexibility index (Phi) is 6.60. The second-order valence-electron chi connectivity index (χ2n) is 6.58. The molecule has 1 aromatic carbocycles. The van der Waals surface area contributed by atoms with Crippen LogP contribution < -0.4 is 5.32 Å². The van der Waals surface area contributed by atoms with Gasteiger partial charge in [-0.3, -0.25) is 9.36 Å². The lowest BCUT2D eigenvalue weighted by atomic mass is 10.2. The Balaban J connectivity index is 1.52. The monoisotopic (exact) mass is 473 g/mol. The van der Waals surface area contributed by atoms with E-state index in [9.17, 15) is 4.79 Å². The first-order valence-electron chi connectivity index (χ1n) is 9.27. The van der Waals surface area contributed by atoms with Gasteiger partial charge in [0.15, 0.2) is 16.7 Å². The van der Waals surface area contributed by atoms with Gasteiger partial charge >= 0.3 is 0 Å². The largest absolute Gasteiger partial charge is 0.461 e. The number of aromatic nitrogens is 4. The summed E-state index contributed by atoms with van der Waals surface area (Å²) < 4.78 is 7.42. The van der Waals surface area contributed by atoms with E-state index in [0.717, 1.165) is 5.56 Å². The number of furan rings is 1. The Bertz CT molecular complexity index is 1200. The van der Waals surface area contributed by atoms with Crippen molar-refractivity contribution < 1.29 is 9.21 Å². The summed E-state index contributed by atoms with van der Waals surface area (Å²) in [6.07, 6.45) is 1.59. The van der Waals surface area contributed by atoms with Gasteiger partial charge in [0.25, 0.3) is 0 Å². The maximum atomic E-state index is 12.5. The fraction of sp³-hybridized carbons (Fsp3) is 0.143. The van der Waals surface area contributed by atoms with Gasteiger partial charge in [-0.15, -0.1) is 10.2 Å². The van der Waals surface area contributed by atoms with Gasteiger partial charge in [0, 0.05) is 0 Å². The smallest absolute Gasteiger partial charge is 0.236 e. The number of halogens is 2. The van der Waals surface area contributed by atoms with Gasteiger partial charge < -0.3 is 9.73 Å². The number of nitrogens with one attached hydrogen (secondary N) is 1. The zero-order valence-corrected chi connectivity index (χ0v) is 18.7. The van der Waals surface area contributed by atoms with Crippen LogP contribution in [0.5, 0.6) is 0 Å². The van der Waals surface area contributed by atoms with Crippen molar-refractivity contribution in [1.82, 2.24) is 19.7 Å². The molecule has 31 heavy (non-hydrogen) atoms. The number of nitrogens with zero attached hydrogens (tertiary/aromatic N) is 4. The third-order valence-corrected chi connectivity index (χ3v) is 5.97. The van der Waals surface area contributed by atoms with Crippen LogP contribution in [-0.4, -0.2) is 31.4 Å². The topological polar surface area (TPSA) is 85.8 Å². The van der Waals surface area contributed by atoms with Gasteiger partial charge in [0.2, 0.25) is 11.7 Å². The molecule has 10 heteroatoms. The standard InChI is InChI=1S/C21H17Cl2N5O2S/c1-13-15(22)10-16(23)19(24-13)25-18(29)12-31-21-27-26-20(17-8-5-9-30-17)28(21)11-14-6-3-2-4-7-14/h2-10H,11-12H2,1H3,(H,24,25,29). The molecule has 0 aliphatic carbocycles. The van der Waals surface area contributed by atoms with Crippen LogP contribution in [0.25, 0.3) is 11.6 Å². The van der Waals surface area contributed by atoms with Crippen molar-refractivity contribution in [3.8, 4) is 11.6 Å². The number of hydrogen-bond acceptors (Lipinski definition) is 6. The first kappa shape index (κ1) is 21.4. The van der Waals surface area contributed by atoms with Crippen molar-refractivity contribution >= 4 is 46.7 Å². The van der Waals surface area contributed by atoms with Crippen molar-refractivity contribution in [2.45, 2.75) is 18.6 Å². The second-order valence-corrected chi connectivity index (χ2v) is 8.34. The summed E-state index contributed by atoms with van der Waals surface area (Å²) >= 11 is 13.4. The van der Waals surface area contributed by atoms with Crippen LogP contribution in [0.3, 0.4) is 0 Å². The Morgan fingerprint density at radius 3 is 2.68 bits per heavy atom. The number of carbonyl (C=O) groups excluding carboxylic acids is 1. The quantitative estimate of drug-likeness (QED) is 0.365. The highest BCUT2D eigenvalue weighted by Crippen LogP contribution is 2.27. The molecule has 0 spiro atoms. The number of carbonyl (C=O) groups is 1. The maximum absolute atomic E-state index is 12.5. The van der Waals surface area contributed by atoms with Crippen molar-refractivity contribution in [3.05, 3.63) is 76.1 Å². The average molecular weight is 474 g/mol. The average Bonchev–Trinajstić information content (AvgIpc) is 3.41. The van der Waals surface area contributed by atoms with Crippen LogP contribution in [0, 0.1) is 6.92 Å². The summed E-state index contributed by atoms with van der Waals surface area (Å²) in [6.45, 7) is 2.28. The molecule has 7 nitrogen and oxygen atoms in total. The number of pyridine rings is 1. The molecule has 0 aliphatic heterocycles. The van der Waals surface area contributed by atoms with Crippen LogP contribution in [0.2, 0.25) is 10.0 Å². The molecule has 0 saturated heterocycles. The third-order valence-electron chi connectivity index (χ3n) is 4.34. The number of amides is 1. The highest BCUT2D eigenvalue weighted by Gasteiger charge is 2.18. The van der Waals surface area contributed by atoms with Crippen LogP contribution in [0.1, 0.15) is 11.3 Å². The number of thioether (sulfide) groups is 1. The lowest BCUT2D eigenvalue weighted by molar-refractivity contribution is -0.113. The van der Waals surface area contributed by atoms with E-state index in [4.69, 9.17) is 27.6 Å². The van der Waals surface area contributed by atoms with E-state index in [1.165, 1.54) is 11.8 Å². The first-order valence-corrected chi connectivity index (χ1v) is 11.0. The Morgan fingerprint density at radius 1 is 1.13 bits per heavy atom. The number of rotatable bonds is 7. The highest BCUT2D eigenvalue weighted by molar-refractivity contribution is 7.99. The molecule has 1 amide bonds. The van der Waals surface area contributed by atoms with Gasteiger partial charge in [-0.2, -0.15) is 0 Å². The highest BCUT2D eigenvalue weighted by atomic mass is 35.5. The Hall–Kier alpha value is -2.81. The number of benzene rings is 1. The Labute approximate surface area is 192 Å². The molecular weight excluding hydrogens is 457 g/mol. The predicted molar refractivity (Wildman–Crippen MR) is 122 cm³/mol. The molecule has 0 aliphatic rings. The molecule has 0 fully saturated rings. The number of anilines is 1. The molecule has 158 valence electrons. The van der Waals surface area contributed by atoms with Crippen LogP contribution in [0.4, 0.5) is 5.82 Å². The summed E-state index contributed by atoms with van der Waals surface area (Å²) in [5.41, 5.74) is 1.66. The van der Waals surface area contributed by atoms with Gasteiger partial charge in [-0.25, -0.2) is 4.98 Å². The summed E-state index contributed by atoms with van der Waals surface area (Å²) in [5, 5.41) is 12.6. The zero-order chi connectivity index (χ0) is 21.8. The molecule has 3 aromatic heterocycles. The molecule has 0 saturated carbocycles. The van der Waals surface area contributed by atoms with Gasteiger partial charge in [-0.05, 0) is 30.7 Å². The molecule has 4 rings (SSSR count). The second kappa shape index (κ2) is 9.55. The lowest BCUT2D eigenvalue weighted by Crippen LogP contribution is -2.16. The van der Waals surface area contributed by atoms with E-state index in [2.05, 4.69) is 20.5 Å². The van der Waals surface area contributed by atoms with E-state index in [0.29, 0.717) is 34.0 Å². The van der Waals surface area contributed by atoms with Crippen LogP contribution >= 0.6 is 35.0 Å². The number of aryl methyl sites for hydroxylation is 1. The third kappa shape index (κ3) is 5.10. The number of hydrogen-bond donors (Lipinski definition) is 1. The summed E-state index contributed by atoms with van der Waals surface area (Å²) in [4.78, 5) is 16.7. The SMILES string of the molecule is Cc1nc(NC(=O)CSc2nnc(-c3ccco3)n2Cc2ccccc2)c(Cl)cc1Cl. The normalized spacial score (nSPS) is 10.9. The molecule has 0 unspecified atom stereocenters. The molecule has 4 aromatic rings. The van der Waals surface area contributed by atoms with E-state index in [-0.39, 0.29) is 22.5 Å². The molecular formula is C21H17Cl2N5O2S. The zero-order valence-electron chi connectivity index (χ0n) is 16.4. The van der Waals surface area contributed by atoms with Gasteiger partial charge in [-0.1, -0.05) is 65.3 Å². The fourth-order valence-electron chi connectivity index (χ4n) is 2.84. The van der Waals surface area contributed by atoms with Crippen LogP contribution in [0.15, 0.2) is 64.4 Å². The predicted octanol–water partition coefficient (Wildman–Crippen LogP) is 5.33. The molecule has 1 N–H and O–H groups in total. The molecule has 0 atom stereocenters. The summed E-state index contributed by atoms with van der Waals surface area (Å²) in [6, 6.07) is 15.1. The minimum Gasteiger partial charge on any atom is -0.461 e. The Morgan fingerprint density at radius 2 is 1.94 bits per heavy atom. The van der Waals surface area contributed by atoms with E-state index >= 15 is 0 Å². The van der Waals surface area contributed by atoms with Crippen LogP contribution in [-0.2, 0) is 11.3 Å². The minimum absolute atomic E-state index is 0.102. The maximum Gasteiger partial charge on any atom is 0.236 e. The van der Waals surface area contributed by atoms with E-state index in [1.807, 2.05) is 41.0 Å². The lowest BCUT2D eigenvalue weighted by Gasteiger charge is -2.10. The van der Waals surface area contributed by atoms with Gasteiger partial charge in [0.1, 0.15) is 0 Å². The molecule has 0 radical (unpaired) electrons. The van der Waals surface area contributed by atoms with Crippen molar-refractivity contribution in [1.29, 1.82) is 0 Å². The first-order chi connectivity index (χ1) is 15.0. The van der Waals surface area contributed by atoms with Crippen molar-refractivity contribution in [2.24, 2.45) is 0 Å². The molecule has 0 bridgehead atoms. The molecule has 3 heterocycles. The minimum atomic E-state index is -0.269. The summed E-state index contributed by atoms with van der Waals surface area (Å²) in [5.74, 6) is 1.30. The van der Waals surface area contributed by atoms with E-state index in [1.54, 1.807) is 25.3 Å². The summed E-state index contributed by atoms with van der Waals surface area (Å²) in [7, 11) is 0. The van der Waals surface area contributed by atoms with E-state index < -0.39 is 0 Å². The van der Waals surface area contributed by atoms with Crippen molar-refractivity contribution in [2.75, 3.05) is 11.1 Å². The van der Waals surface area contributed by atoms with Crippen molar-refractivity contribution in [3.63, 3.8) is 0 Å². The fourth-order valence-corrected chi connectivity index (χ4v) is 3.98.